The number of rotatable bonds is 3. The minimum Gasteiger partial charge on any atom is -0.363 e. The number of nitrogens with one attached hydrogen (secondary N) is 2. The van der Waals surface area contributed by atoms with Crippen molar-refractivity contribution < 1.29 is 13.2 Å². The zero-order valence-corrected chi connectivity index (χ0v) is 8.89. The number of pyridine rings is 1. The van der Waals surface area contributed by atoms with Crippen LogP contribution in [0.5, 0.6) is 0 Å². The van der Waals surface area contributed by atoms with Gasteiger partial charge in [-0.3, -0.25) is 5.10 Å². The molecule has 2 aromatic heterocycles. The molecule has 0 radical (unpaired) electrons. The predicted molar refractivity (Wildman–Crippen MR) is 54.8 cm³/mol. The third-order valence-corrected chi connectivity index (χ3v) is 2.27. The first-order valence-corrected chi connectivity index (χ1v) is 4.82. The maximum atomic E-state index is 13.2. The first-order valence-electron chi connectivity index (χ1n) is 4.82. The van der Waals surface area contributed by atoms with Gasteiger partial charge in [-0.25, -0.2) is 8.78 Å². The summed E-state index contributed by atoms with van der Waals surface area (Å²) in [5.74, 6) is -3.92. The minimum absolute atomic E-state index is 0.220. The highest BCUT2D eigenvalue weighted by atomic mass is 19.2. The molecule has 2 heterocycles. The van der Waals surface area contributed by atoms with Gasteiger partial charge in [0, 0.05) is 23.9 Å². The monoisotopic (exact) mass is 242 g/mol. The Bertz CT molecular complexity index is 538. The molecule has 0 aliphatic carbocycles. The van der Waals surface area contributed by atoms with Crippen molar-refractivity contribution in [3.63, 3.8) is 0 Å². The van der Waals surface area contributed by atoms with Crippen LogP contribution in [0.25, 0.3) is 0 Å². The lowest BCUT2D eigenvalue weighted by molar-refractivity contribution is 0.466. The average molecular weight is 242 g/mol. The summed E-state index contributed by atoms with van der Waals surface area (Å²) in [5, 5.41) is 9.05. The highest BCUT2D eigenvalue weighted by molar-refractivity contribution is 5.37. The van der Waals surface area contributed by atoms with Crippen LogP contribution < -0.4 is 5.32 Å². The SMILES string of the molecule is Cc1[nH]ncc1CNc1nc(F)c(F)cc1F. The Balaban J connectivity index is 2.14. The summed E-state index contributed by atoms with van der Waals surface area (Å²) < 4.78 is 38.6. The van der Waals surface area contributed by atoms with Gasteiger partial charge in [-0.1, -0.05) is 0 Å². The molecule has 0 amide bonds. The third-order valence-electron chi connectivity index (χ3n) is 2.27. The van der Waals surface area contributed by atoms with E-state index in [1.165, 1.54) is 0 Å². The number of aromatic amines is 1. The van der Waals surface area contributed by atoms with E-state index >= 15 is 0 Å². The number of anilines is 1. The summed E-state index contributed by atoms with van der Waals surface area (Å²) in [5.41, 5.74) is 1.59. The molecule has 0 atom stereocenters. The molecule has 0 fully saturated rings. The van der Waals surface area contributed by atoms with E-state index in [1.54, 1.807) is 13.1 Å². The van der Waals surface area contributed by atoms with E-state index in [2.05, 4.69) is 20.5 Å². The quantitative estimate of drug-likeness (QED) is 0.811. The van der Waals surface area contributed by atoms with Crippen molar-refractivity contribution in [2.45, 2.75) is 13.5 Å². The summed E-state index contributed by atoms with van der Waals surface area (Å²) in [6.45, 7) is 2.01. The van der Waals surface area contributed by atoms with E-state index < -0.39 is 17.6 Å². The van der Waals surface area contributed by atoms with E-state index in [4.69, 9.17) is 0 Å². The zero-order valence-electron chi connectivity index (χ0n) is 8.89. The summed E-state index contributed by atoms with van der Waals surface area (Å²) in [6.07, 6.45) is 1.56. The van der Waals surface area contributed by atoms with E-state index in [0.717, 1.165) is 11.3 Å². The molecule has 7 heteroatoms. The summed E-state index contributed by atoms with van der Waals surface area (Å²) in [6, 6.07) is 0.451. The molecule has 0 saturated carbocycles. The maximum absolute atomic E-state index is 13.2. The van der Waals surface area contributed by atoms with Gasteiger partial charge in [0.15, 0.2) is 17.5 Å². The predicted octanol–water partition coefficient (Wildman–Crippen LogP) is 2.14. The molecule has 0 aromatic carbocycles. The van der Waals surface area contributed by atoms with Gasteiger partial charge in [0.25, 0.3) is 5.95 Å². The van der Waals surface area contributed by atoms with Crippen molar-refractivity contribution in [1.82, 2.24) is 15.2 Å². The van der Waals surface area contributed by atoms with Gasteiger partial charge in [0.05, 0.1) is 6.20 Å². The van der Waals surface area contributed by atoms with Gasteiger partial charge in [-0.15, -0.1) is 0 Å². The van der Waals surface area contributed by atoms with Crippen LogP contribution in [0.1, 0.15) is 11.3 Å². The minimum atomic E-state index is -1.34. The molecule has 0 unspecified atom stereocenters. The van der Waals surface area contributed by atoms with Crippen LogP contribution in [0.3, 0.4) is 0 Å². The van der Waals surface area contributed by atoms with Crippen LogP contribution in [-0.4, -0.2) is 15.2 Å². The lowest BCUT2D eigenvalue weighted by Crippen LogP contribution is -2.06. The lowest BCUT2D eigenvalue weighted by atomic mass is 10.2. The molecule has 0 bridgehead atoms. The Morgan fingerprint density at radius 3 is 2.71 bits per heavy atom. The van der Waals surface area contributed by atoms with E-state index in [-0.39, 0.29) is 12.4 Å². The van der Waals surface area contributed by atoms with Crippen molar-refractivity contribution >= 4 is 5.82 Å². The van der Waals surface area contributed by atoms with Crippen molar-refractivity contribution in [1.29, 1.82) is 0 Å². The second-order valence-corrected chi connectivity index (χ2v) is 3.47. The zero-order chi connectivity index (χ0) is 12.4. The first kappa shape index (κ1) is 11.4. The Morgan fingerprint density at radius 2 is 2.06 bits per heavy atom. The number of halogens is 3. The average Bonchev–Trinajstić information content (AvgIpc) is 2.68. The molecule has 0 aliphatic rings. The molecular weight excluding hydrogens is 233 g/mol. The maximum Gasteiger partial charge on any atom is 0.251 e. The van der Waals surface area contributed by atoms with Crippen LogP contribution in [0.4, 0.5) is 19.0 Å². The number of hydrogen-bond acceptors (Lipinski definition) is 3. The molecule has 0 spiro atoms. The summed E-state index contributed by atoms with van der Waals surface area (Å²) in [4.78, 5) is 3.14. The fourth-order valence-electron chi connectivity index (χ4n) is 1.30. The Kier molecular flexibility index (Phi) is 2.99. The molecule has 4 nitrogen and oxygen atoms in total. The van der Waals surface area contributed by atoms with Crippen LogP contribution in [-0.2, 0) is 6.54 Å². The molecule has 0 aliphatic heterocycles. The molecular formula is C10H9F3N4. The first-order chi connectivity index (χ1) is 8.08. The second-order valence-electron chi connectivity index (χ2n) is 3.47. The van der Waals surface area contributed by atoms with Crippen molar-refractivity contribution in [2.24, 2.45) is 0 Å². The van der Waals surface area contributed by atoms with Gasteiger partial charge < -0.3 is 5.32 Å². The van der Waals surface area contributed by atoms with Crippen LogP contribution in [0, 0.1) is 24.5 Å². The van der Waals surface area contributed by atoms with E-state index in [0.29, 0.717) is 6.07 Å². The molecule has 2 rings (SSSR count). The molecule has 2 N–H and O–H groups in total. The number of aromatic nitrogens is 3. The number of H-pyrrole nitrogens is 1. The van der Waals surface area contributed by atoms with Gasteiger partial charge in [-0.05, 0) is 6.92 Å². The van der Waals surface area contributed by atoms with Gasteiger partial charge in [0.2, 0.25) is 0 Å². The van der Waals surface area contributed by atoms with Crippen LogP contribution >= 0.6 is 0 Å². The highest BCUT2D eigenvalue weighted by Gasteiger charge is 2.11. The molecule has 90 valence electrons. The topological polar surface area (TPSA) is 53.6 Å². The van der Waals surface area contributed by atoms with Crippen LogP contribution in [0.15, 0.2) is 12.3 Å². The Morgan fingerprint density at radius 1 is 1.29 bits per heavy atom. The van der Waals surface area contributed by atoms with Gasteiger partial charge in [0.1, 0.15) is 0 Å². The number of hydrogen-bond donors (Lipinski definition) is 2. The standard InChI is InChI=1S/C10H9F3N4/c1-5-6(4-15-17-5)3-14-10-8(12)2-7(11)9(13)16-10/h2,4H,3H2,1H3,(H,14,16)(H,15,17). The number of aryl methyl sites for hydroxylation is 1. The summed E-state index contributed by atoms with van der Waals surface area (Å²) >= 11 is 0. The van der Waals surface area contributed by atoms with E-state index in [9.17, 15) is 13.2 Å². The highest BCUT2D eigenvalue weighted by Crippen LogP contribution is 2.15. The Hall–Kier alpha value is -2.05. The van der Waals surface area contributed by atoms with Crippen molar-refractivity contribution in [2.75, 3.05) is 5.32 Å². The Labute approximate surface area is 94.9 Å². The fourth-order valence-corrected chi connectivity index (χ4v) is 1.30. The lowest BCUT2D eigenvalue weighted by Gasteiger charge is -2.06. The fraction of sp³-hybridized carbons (Fsp3) is 0.200. The summed E-state index contributed by atoms with van der Waals surface area (Å²) in [7, 11) is 0. The smallest absolute Gasteiger partial charge is 0.251 e. The second kappa shape index (κ2) is 4.44. The van der Waals surface area contributed by atoms with Crippen LogP contribution in [0.2, 0.25) is 0 Å². The van der Waals surface area contributed by atoms with E-state index in [1.807, 2.05) is 0 Å². The number of nitrogens with zero attached hydrogens (tertiary/aromatic N) is 2. The molecule has 17 heavy (non-hydrogen) atoms. The van der Waals surface area contributed by atoms with Gasteiger partial charge in [-0.2, -0.15) is 14.5 Å². The normalized spacial score (nSPS) is 10.6. The third kappa shape index (κ3) is 2.38. The largest absolute Gasteiger partial charge is 0.363 e. The molecule has 0 saturated heterocycles. The molecule has 2 aromatic rings. The van der Waals surface area contributed by atoms with Crippen molar-refractivity contribution in [3.8, 4) is 0 Å². The van der Waals surface area contributed by atoms with Crippen molar-refractivity contribution in [3.05, 3.63) is 41.1 Å². The van der Waals surface area contributed by atoms with Gasteiger partial charge >= 0.3 is 0 Å².